The molecule has 0 saturated carbocycles. The lowest BCUT2D eigenvalue weighted by molar-refractivity contribution is 0.669. The zero-order valence-electron chi connectivity index (χ0n) is 30.5. The fourth-order valence-electron chi connectivity index (χ4n) is 8.65. The van der Waals surface area contributed by atoms with Crippen LogP contribution in [0.15, 0.2) is 192 Å². The molecule has 0 aliphatic rings. The van der Waals surface area contributed by atoms with Crippen molar-refractivity contribution in [2.24, 2.45) is 0 Å². The van der Waals surface area contributed by atoms with Crippen LogP contribution in [0.3, 0.4) is 0 Å². The molecule has 0 spiro atoms. The van der Waals surface area contributed by atoms with Crippen LogP contribution in [0.25, 0.3) is 111 Å². The van der Waals surface area contributed by atoms with E-state index in [9.17, 15) is 0 Å². The van der Waals surface area contributed by atoms with Gasteiger partial charge in [-0.05, 0) is 59.7 Å². The molecular weight excluding hydrogens is 699 g/mol. The van der Waals surface area contributed by atoms with E-state index in [4.69, 9.17) is 19.4 Å². The number of nitrogens with zero attached hydrogens (tertiary/aromatic N) is 5. The summed E-state index contributed by atoms with van der Waals surface area (Å²) in [6, 6.07) is 65.4. The maximum absolute atomic E-state index is 6.89. The van der Waals surface area contributed by atoms with Gasteiger partial charge in [-0.3, -0.25) is 4.57 Å². The molecule has 0 radical (unpaired) electrons. The number of rotatable bonds is 5. The van der Waals surface area contributed by atoms with Gasteiger partial charge in [0.15, 0.2) is 11.6 Å². The van der Waals surface area contributed by atoms with E-state index in [2.05, 4.69) is 191 Å². The van der Waals surface area contributed by atoms with Gasteiger partial charge in [-0.2, -0.15) is 9.97 Å². The highest BCUT2D eigenvalue weighted by atomic mass is 16.3. The van der Waals surface area contributed by atoms with Crippen LogP contribution in [-0.2, 0) is 0 Å². The summed E-state index contributed by atoms with van der Waals surface area (Å²) >= 11 is 0. The molecule has 0 atom stereocenters. The van der Waals surface area contributed by atoms with Crippen LogP contribution in [-0.4, -0.2) is 24.1 Å². The minimum atomic E-state index is 0.536. The second-order valence-corrected chi connectivity index (χ2v) is 14.4. The van der Waals surface area contributed by atoms with Crippen LogP contribution in [0, 0.1) is 0 Å². The molecule has 6 nitrogen and oxygen atoms in total. The van der Waals surface area contributed by atoms with Gasteiger partial charge < -0.3 is 8.98 Å². The first-order valence-electron chi connectivity index (χ1n) is 19.1. The van der Waals surface area contributed by atoms with Crippen molar-refractivity contribution in [1.29, 1.82) is 0 Å². The lowest BCUT2D eigenvalue weighted by Crippen LogP contribution is -2.06. The standard InChI is InChI=1S/C51H31N5O/c1-3-14-32(15-4-1)33-26-28-34(29-27-33)49-52-50(54-51(53-49)56-43-24-11-7-18-36(43)37-19-8-12-25-44(37)56)41-22-13-21-40-46-45(57-48(40)41)31-30-39-38-20-9-10-23-42(38)55(47(39)46)35-16-5-2-6-17-35/h1-31H. The molecule has 12 aromatic rings. The highest BCUT2D eigenvalue weighted by Gasteiger charge is 2.23. The van der Waals surface area contributed by atoms with Crippen molar-refractivity contribution in [2.45, 2.75) is 0 Å². The second kappa shape index (κ2) is 12.3. The zero-order chi connectivity index (χ0) is 37.5. The van der Waals surface area contributed by atoms with Crippen molar-refractivity contribution in [3.63, 3.8) is 0 Å². The quantitative estimate of drug-likeness (QED) is 0.177. The van der Waals surface area contributed by atoms with E-state index in [0.29, 0.717) is 17.6 Å². The first-order valence-corrected chi connectivity index (χ1v) is 19.1. The van der Waals surface area contributed by atoms with E-state index in [1.807, 2.05) is 6.07 Å². The van der Waals surface area contributed by atoms with Crippen molar-refractivity contribution < 1.29 is 4.42 Å². The second-order valence-electron chi connectivity index (χ2n) is 14.4. The van der Waals surface area contributed by atoms with Crippen LogP contribution in [0.4, 0.5) is 0 Å². The average molecular weight is 730 g/mol. The molecule has 0 saturated heterocycles. The molecule has 4 heterocycles. The van der Waals surface area contributed by atoms with Gasteiger partial charge in [-0.15, -0.1) is 0 Å². The molecule has 0 fully saturated rings. The lowest BCUT2D eigenvalue weighted by atomic mass is 10.0. The zero-order valence-corrected chi connectivity index (χ0v) is 30.5. The number of hydrogen-bond donors (Lipinski definition) is 0. The predicted octanol–water partition coefficient (Wildman–Crippen LogP) is 13.0. The van der Waals surface area contributed by atoms with Crippen molar-refractivity contribution in [1.82, 2.24) is 24.1 Å². The molecule has 0 aliphatic carbocycles. The summed E-state index contributed by atoms with van der Waals surface area (Å²) in [5.74, 6) is 1.66. The van der Waals surface area contributed by atoms with Gasteiger partial charge in [-0.25, -0.2) is 4.98 Å². The monoisotopic (exact) mass is 729 g/mol. The van der Waals surface area contributed by atoms with E-state index in [1.165, 1.54) is 10.8 Å². The number of hydrogen-bond acceptors (Lipinski definition) is 4. The van der Waals surface area contributed by atoms with Crippen LogP contribution in [0.1, 0.15) is 0 Å². The van der Waals surface area contributed by atoms with E-state index in [0.717, 1.165) is 82.7 Å². The molecule has 6 heteroatoms. The van der Waals surface area contributed by atoms with E-state index in [1.54, 1.807) is 0 Å². The Kier molecular flexibility index (Phi) is 6.83. The summed E-state index contributed by atoms with van der Waals surface area (Å²) in [5, 5.41) is 6.70. The lowest BCUT2D eigenvalue weighted by Gasteiger charge is -2.11. The van der Waals surface area contributed by atoms with Gasteiger partial charge in [0.1, 0.15) is 11.2 Å². The molecule has 4 aromatic heterocycles. The number of benzene rings is 8. The first-order chi connectivity index (χ1) is 28.3. The first kappa shape index (κ1) is 31.5. The smallest absolute Gasteiger partial charge is 0.238 e. The van der Waals surface area contributed by atoms with Gasteiger partial charge in [0.25, 0.3) is 0 Å². The van der Waals surface area contributed by atoms with Gasteiger partial charge in [-0.1, -0.05) is 140 Å². The van der Waals surface area contributed by atoms with E-state index < -0.39 is 0 Å². The summed E-state index contributed by atoms with van der Waals surface area (Å²) in [4.78, 5) is 15.7. The fraction of sp³-hybridized carbons (Fsp3) is 0. The molecule has 12 rings (SSSR count). The van der Waals surface area contributed by atoms with Crippen LogP contribution in [0.5, 0.6) is 0 Å². The minimum Gasteiger partial charge on any atom is -0.455 e. The molecular formula is C51H31N5O. The topological polar surface area (TPSA) is 61.7 Å². The predicted molar refractivity (Wildman–Crippen MR) is 232 cm³/mol. The normalized spacial score (nSPS) is 11.9. The molecule has 0 amide bonds. The summed E-state index contributed by atoms with van der Waals surface area (Å²) in [6.07, 6.45) is 0. The highest BCUT2D eigenvalue weighted by Crippen LogP contribution is 2.43. The minimum absolute atomic E-state index is 0.536. The molecule has 0 bridgehead atoms. The molecule has 57 heavy (non-hydrogen) atoms. The van der Waals surface area contributed by atoms with Crippen LogP contribution >= 0.6 is 0 Å². The van der Waals surface area contributed by atoms with Crippen molar-refractivity contribution in [3.05, 3.63) is 188 Å². The fourth-order valence-corrected chi connectivity index (χ4v) is 8.65. The third-order valence-corrected chi connectivity index (χ3v) is 11.2. The maximum atomic E-state index is 6.89. The van der Waals surface area contributed by atoms with Crippen molar-refractivity contribution in [3.8, 4) is 45.5 Å². The number of para-hydroxylation sites is 5. The SMILES string of the molecule is c1ccc(-c2ccc(-c3nc(-c4cccc5c4oc4ccc6c7ccccc7n(-c7ccccc7)c6c45)nc(-n4c5ccccc5c5ccccc54)n3)cc2)cc1. The Bertz CT molecular complexity index is 3450. The Balaban J connectivity index is 1.13. The van der Waals surface area contributed by atoms with Gasteiger partial charge in [0.05, 0.1) is 33.0 Å². The van der Waals surface area contributed by atoms with Crippen molar-refractivity contribution in [2.75, 3.05) is 0 Å². The van der Waals surface area contributed by atoms with Gasteiger partial charge >= 0.3 is 0 Å². The number of fused-ring (bicyclic) bond motifs is 10. The third kappa shape index (κ3) is 4.81. The third-order valence-electron chi connectivity index (χ3n) is 11.2. The Morgan fingerprint density at radius 3 is 1.61 bits per heavy atom. The Labute approximate surface area is 326 Å². The average Bonchev–Trinajstić information content (AvgIpc) is 3.95. The molecule has 0 aliphatic heterocycles. The number of furan rings is 1. The Morgan fingerprint density at radius 2 is 0.912 bits per heavy atom. The molecule has 0 unspecified atom stereocenters. The Morgan fingerprint density at radius 1 is 0.368 bits per heavy atom. The van der Waals surface area contributed by atoms with E-state index in [-0.39, 0.29) is 0 Å². The summed E-state index contributed by atoms with van der Waals surface area (Å²) in [5.41, 5.74) is 10.9. The van der Waals surface area contributed by atoms with Crippen molar-refractivity contribution >= 4 is 65.6 Å². The largest absolute Gasteiger partial charge is 0.455 e. The maximum Gasteiger partial charge on any atom is 0.238 e. The van der Waals surface area contributed by atoms with Crippen LogP contribution < -0.4 is 0 Å². The van der Waals surface area contributed by atoms with E-state index >= 15 is 0 Å². The van der Waals surface area contributed by atoms with Gasteiger partial charge in [0, 0.05) is 38.2 Å². The molecule has 8 aromatic carbocycles. The number of aromatic nitrogens is 5. The highest BCUT2D eigenvalue weighted by molar-refractivity contribution is 6.25. The van der Waals surface area contributed by atoms with Gasteiger partial charge in [0.2, 0.25) is 5.95 Å². The Hall–Kier alpha value is -7.83. The summed E-state index contributed by atoms with van der Waals surface area (Å²) in [7, 11) is 0. The molecule has 0 N–H and O–H groups in total. The molecule has 266 valence electrons. The summed E-state index contributed by atoms with van der Waals surface area (Å²) < 4.78 is 11.4. The summed E-state index contributed by atoms with van der Waals surface area (Å²) in [6.45, 7) is 0. The van der Waals surface area contributed by atoms with Crippen LogP contribution in [0.2, 0.25) is 0 Å².